The van der Waals surface area contributed by atoms with Gasteiger partial charge >= 0.3 is 0 Å². The Labute approximate surface area is 141 Å². The van der Waals surface area contributed by atoms with Gasteiger partial charge in [0.05, 0.1) is 6.54 Å². The Kier molecular flexibility index (Phi) is 5.30. The smallest absolute Gasteiger partial charge is 0.244 e. The third kappa shape index (κ3) is 4.49. The maximum atomic E-state index is 11.9. The summed E-state index contributed by atoms with van der Waals surface area (Å²) < 4.78 is 10.5. The highest BCUT2D eigenvalue weighted by atomic mass is 16.6. The first kappa shape index (κ1) is 15.9. The van der Waals surface area contributed by atoms with E-state index in [9.17, 15) is 4.79 Å². The molecule has 24 heavy (non-hydrogen) atoms. The molecule has 1 aliphatic rings. The lowest BCUT2D eigenvalue weighted by molar-refractivity contribution is -0.116. The Bertz CT molecular complexity index is 750. The maximum absolute atomic E-state index is 11.9. The van der Waals surface area contributed by atoms with Crippen molar-refractivity contribution in [3.05, 3.63) is 78.3 Å². The van der Waals surface area contributed by atoms with E-state index in [1.54, 1.807) is 6.08 Å². The molecule has 0 spiro atoms. The van der Waals surface area contributed by atoms with Gasteiger partial charge in [0, 0.05) is 6.08 Å². The predicted molar refractivity (Wildman–Crippen MR) is 93.9 cm³/mol. The van der Waals surface area contributed by atoms with Crippen molar-refractivity contribution >= 4 is 12.0 Å². The molecule has 4 nitrogen and oxygen atoms in total. The summed E-state index contributed by atoms with van der Waals surface area (Å²) in [6, 6.07) is 18.2. The summed E-state index contributed by atoms with van der Waals surface area (Å²) in [5.41, 5.74) is 3.25. The number of nitrogens with one attached hydrogen (secondary N) is 1. The van der Waals surface area contributed by atoms with Crippen molar-refractivity contribution in [3.63, 3.8) is 0 Å². The molecule has 2 aromatic carbocycles. The van der Waals surface area contributed by atoms with Gasteiger partial charge in [-0.15, -0.1) is 0 Å². The zero-order valence-corrected chi connectivity index (χ0v) is 13.3. The topological polar surface area (TPSA) is 47.6 Å². The zero-order valence-electron chi connectivity index (χ0n) is 13.3. The van der Waals surface area contributed by atoms with E-state index in [0.717, 1.165) is 16.7 Å². The summed E-state index contributed by atoms with van der Waals surface area (Å²) >= 11 is 0. The van der Waals surface area contributed by atoms with Gasteiger partial charge in [-0.1, -0.05) is 48.5 Å². The molecule has 0 saturated heterocycles. The van der Waals surface area contributed by atoms with Crippen LogP contribution in [0, 0.1) is 0 Å². The average molecular weight is 321 g/mol. The van der Waals surface area contributed by atoms with Gasteiger partial charge in [-0.25, -0.2) is 0 Å². The molecule has 1 aliphatic heterocycles. The van der Waals surface area contributed by atoms with Gasteiger partial charge in [-0.05, 0) is 28.8 Å². The number of amides is 1. The fourth-order valence-electron chi connectivity index (χ4n) is 2.36. The van der Waals surface area contributed by atoms with Gasteiger partial charge in [0.25, 0.3) is 0 Å². The van der Waals surface area contributed by atoms with Crippen molar-refractivity contribution in [2.45, 2.75) is 0 Å². The fraction of sp³-hybridized carbons (Fsp3) is 0.150. The van der Waals surface area contributed by atoms with Crippen molar-refractivity contribution in [2.24, 2.45) is 0 Å². The van der Waals surface area contributed by atoms with Crippen LogP contribution in [0.15, 0.2) is 72.7 Å². The summed E-state index contributed by atoms with van der Waals surface area (Å²) in [7, 11) is 0. The molecule has 1 N–H and O–H groups in total. The summed E-state index contributed by atoms with van der Waals surface area (Å²) in [4.78, 5) is 11.9. The largest absolute Gasteiger partial charge is 0.494 e. The standard InChI is InChI=1S/C20H19NO3/c22-20(21-14-19-15-23-11-12-24-19)10-9-16-5-4-8-18(13-16)17-6-2-1-3-7-17/h1-10,13,15H,11-12,14H2,(H,21,22). The predicted octanol–water partition coefficient (Wildman–Crippen LogP) is 3.37. The van der Waals surface area contributed by atoms with Crippen LogP contribution in [-0.2, 0) is 14.3 Å². The van der Waals surface area contributed by atoms with E-state index in [1.807, 2.05) is 30.3 Å². The fourth-order valence-corrected chi connectivity index (χ4v) is 2.36. The van der Waals surface area contributed by atoms with Crippen LogP contribution >= 0.6 is 0 Å². The number of carbonyl (C=O) groups excluding carboxylic acids is 1. The number of hydrogen-bond donors (Lipinski definition) is 1. The van der Waals surface area contributed by atoms with Crippen molar-refractivity contribution in [3.8, 4) is 11.1 Å². The van der Waals surface area contributed by atoms with E-state index < -0.39 is 0 Å². The lowest BCUT2D eigenvalue weighted by Gasteiger charge is -2.15. The van der Waals surface area contributed by atoms with Crippen LogP contribution in [0.25, 0.3) is 17.2 Å². The molecule has 0 aromatic heterocycles. The number of hydrogen-bond acceptors (Lipinski definition) is 3. The highest BCUT2D eigenvalue weighted by Crippen LogP contribution is 2.20. The van der Waals surface area contributed by atoms with Crippen LogP contribution in [0.1, 0.15) is 5.56 Å². The van der Waals surface area contributed by atoms with E-state index in [-0.39, 0.29) is 5.91 Å². The molecule has 2 aromatic rings. The first-order valence-corrected chi connectivity index (χ1v) is 7.86. The van der Waals surface area contributed by atoms with Crippen molar-refractivity contribution in [1.29, 1.82) is 0 Å². The molecule has 0 aliphatic carbocycles. The van der Waals surface area contributed by atoms with E-state index in [2.05, 4.69) is 29.6 Å². The quantitative estimate of drug-likeness (QED) is 0.859. The van der Waals surface area contributed by atoms with Crippen LogP contribution in [0.3, 0.4) is 0 Å². The van der Waals surface area contributed by atoms with Crippen molar-refractivity contribution < 1.29 is 14.3 Å². The molecule has 1 amide bonds. The van der Waals surface area contributed by atoms with Crippen LogP contribution in [0.5, 0.6) is 0 Å². The molecule has 0 bridgehead atoms. The Morgan fingerprint density at radius 2 is 1.88 bits per heavy atom. The molecule has 3 rings (SSSR count). The monoisotopic (exact) mass is 321 g/mol. The van der Waals surface area contributed by atoms with Gasteiger partial charge in [0.15, 0.2) is 0 Å². The summed E-state index contributed by atoms with van der Waals surface area (Å²) in [5.74, 6) is 0.462. The number of rotatable bonds is 5. The minimum atomic E-state index is -0.171. The van der Waals surface area contributed by atoms with Crippen molar-refractivity contribution in [1.82, 2.24) is 5.32 Å². The normalized spacial score (nSPS) is 13.8. The second-order valence-electron chi connectivity index (χ2n) is 5.35. The van der Waals surface area contributed by atoms with Gasteiger partial charge in [-0.3, -0.25) is 4.79 Å². The Morgan fingerprint density at radius 3 is 2.67 bits per heavy atom. The first-order valence-electron chi connectivity index (χ1n) is 7.86. The average Bonchev–Trinajstić information content (AvgIpc) is 2.66. The number of ether oxygens (including phenoxy) is 2. The first-order chi connectivity index (χ1) is 11.8. The Morgan fingerprint density at radius 1 is 1.04 bits per heavy atom. The van der Waals surface area contributed by atoms with Crippen LogP contribution in [0.2, 0.25) is 0 Å². The third-order valence-corrected chi connectivity index (χ3v) is 3.56. The molecule has 0 unspecified atom stereocenters. The lowest BCUT2D eigenvalue weighted by Crippen LogP contribution is -2.26. The second-order valence-corrected chi connectivity index (χ2v) is 5.35. The maximum Gasteiger partial charge on any atom is 0.244 e. The summed E-state index contributed by atoms with van der Waals surface area (Å²) in [6.07, 6.45) is 4.86. The number of carbonyl (C=O) groups is 1. The van der Waals surface area contributed by atoms with Gasteiger partial charge < -0.3 is 14.8 Å². The summed E-state index contributed by atoms with van der Waals surface area (Å²) in [6.45, 7) is 1.39. The van der Waals surface area contributed by atoms with Crippen LogP contribution < -0.4 is 5.32 Å². The lowest BCUT2D eigenvalue weighted by atomic mass is 10.0. The highest BCUT2D eigenvalue weighted by molar-refractivity contribution is 5.92. The van der Waals surface area contributed by atoms with E-state index in [1.165, 1.54) is 12.3 Å². The van der Waals surface area contributed by atoms with E-state index >= 15 is 0 Å². The molecular formula is C20H19NO3. The molecule has 0 radical (unpaired) electrons. The zero-order chi connectivity index (χ0) is 16.6. The minimum Gasteiger partial charge on any atom is -0.494 e. The summed E-state index contributed by atoms with van der Waals surface area (Å²) in [5, 5.41) is 2.77. The molecule has 0 atom stereocenters. The molecule has 1 heterocycles. The molecule has 0 saturated carbocycles. The van der Waals surface area contributed by atoms with Gasteiger partial charge in [0.1, 0.15) is 25.2 Å². The second kappa shape index (κ2) is 8.02. The van der Waals surface area contributed by atoms with Gasteiger partial charge in [-0.2, -0.15) is 0 Å². The molecule has 122 valence electrons. The highest BCUT2D eigenvalue weighted by Gasteiger charge is 2.05. The van der Waals surface area contributed by atoms with E-state index in [4.69, 9.17) is 9.47 Å². The SMILES string of the molecule is O=C(C=Cc1cccc(-c2ccccc2)c1)NCC1=COCCO1. The molecular weight excluding hydrogens is 302 g/mol. The molecule has 0 fully saturated rings. The van der Waals surface area contributed by atoms with Gasteiger partial charge in [0.2, 0.25) is 5.91 Å². The minimum absolute atomic E-state index is 0.171. The molecule has 4 heteroatoms. The van der Waals surface area contributed by atoms with Crippen molar-refractivity contribution in [2.75, 3.05) is 19.8 Å². The van der Waals surface area contributed by atoms with Crippen LogP contribution in [0.4, 0.5) is 0 Å². The van der Waals surface area contributed by atoms with Crippen LogP contribution in [-0.4, -0.2) is 25.7 Å². The van der Waals surface area contributed by atoms with E-state index in [0.29, 0.717) is 25.5 Å². The number of benzene rings is 2. The Balaban J connectivity index is 1.60. The third-order valence-electron chi connectivity index (χ3n) is 3.56. The Hall–Kier alpha value is -3.01.